The van der Waals surface area contributed by atoms with Gasteiger partial charge in [0.15, 0.2) is 0 Å². The predicted molar refractivity (Wildman–Crippen MR) is 79.3 cm³/mol. The van der Waals surface area contributed by atoms with Crippen molar-refractivity contribution in [3.63, 3.8) is 0 Å². The molecule has 1 aromatic heterocycles. The van der Waals surface area contributed by atoms with E-state index in [0.29, 0.717) is 5.69 Å². The minimum absolute atomic E-state index is 0.147. The molecule has 0 spiro atoms. The summed E-state index contributed by atoms with van der Waals surface area (Å²) in [5.74, 6) is 0. The normalized spacial score (nSPS) is 20.7. The molecule has 1 amide bonds. The van der Waals surface area contributed by atoms with Gasteiger partial charge in [0, 0.05) is 24.2 Å². The van der Waals surface area contributed by atoms with Crippen molar-refractivity contribution in [3.8, 4) is 0 Å². The molecule has 0 bridgehead atoms. The van der Waals surface area contributed by atoms with Crippen LogP contribution in [0.15, 0.2) is 24.3 Å². The van der Waals surface area contributed by atoms with Gasteiger partial charge < -0.3 is 10.3 Å². The van der Waals surface area contributed by atoms with Crippen molar-refractivity contribution < 1.29 is 4.79 Å². The molecule has 2 aromatic rings. The number of carbonyl (C=O) groups is 1. The van der Waals surface area contributed by atoms with Gasteiger partial charge in [-0.2, -0.15) is 0 Å². The van der Waals surface area contributed by atoms with E-state index in [1.807, 2.05) is 19.2 Å². The molecule has 1 aromatic carbocycles. The summed E-state index contributed by atoms with van der Waals surface area (Å²) in [4.78, 5) is 17.3. The van der Waals surface area contributed by atoms with Crippen LogP contribution in [0, 0.1) is 5.41 Å². The standard InChI is InChI=1S/C16H17N3O/c1-16(19(2)10-20)7-12-5-11-3-4-14(9-17)18-15(11)6-13(12)8-16/h3-6,9-10,17H,7-8H2,1-2H3. The molecule has 0 saturated heterocycles. The van der Waals surface area contributed by atoms with Gasteiger partial charge in [-0.05, 0) is 49.1 Å². The summed E-state index contributed by atoms with van der Waals surface area (Å²) in [7, 11) is 1.84. The highest BCUT2D eigenvalue weighted by atomic mass is 16.1. The molecule has 1 aliphatic rings. The Morgan fingerprint density at radius 3 is 2.65 bits per heavy atom. The molecule has 1 atom stereocenters. The number of nitrogens with one attached hydrogen (secondary N) is 1. The maximum absolute atomic E-state index is 11.1. The number of benzene rings is 1. The average Bonchev–Trinajstić information content (AvgIpc) is 2.79. The van der Waals surface area contributed by atoms with E-state index in [4.69, 9.17) is 5.41 Å². The van der Waals surface area contributed by atoms with Gasteiger partial charge in [-0.15, -0.1) is 0 Å². The Morgan fingerprint density at radius 1 is 1.30 bits per heavy atom. The van der Waals surface area contributed by atoms with Crippen molar-refractivity contribution in [1.82, 2.24) is 9.88 Å². The van der Waals surface area contributed by atoms with Gasteiger partial charge in [-0.25, -0.2) is 4.98 Å². The van der Waals surface area contributed by atoms with Crippen LogP contribution in [0.2, 0.25) is 0 Å². The maximum atomic E-state index is 11.1. The van der Waals surface area contributed by atoms with Crippen LogP contribution in [-0.4, -0.2) is 35.1 Å². The molecule has 1 heterocycles. The first-order valence-electron chi connectivity index (χ1n) is 6.67. The Hall–Kier alpha value is -2.23. The topological polar surface area (TPSA) is 57.1 Å². The van der Waals surface area contributed by atoms with Gasteiger partial charge in [0.1, 0.15) is 0 Å². The highest BCUT2D eigenvalue weighted by Gasteiger charge is 2.36. The Labute approximate surface area is 117 Å². The lowest BCUT2D eigenvalue weighted by Crippen LogP contribution is -2.43. The Morgan fingerprint density at radius 2 is 2.00 bits per heavy atom. The SMILES string of the molecule is CN(C=O)C1(C)Cc2cc3ccc(C=N)nc3cc2C1. The van der Waals surface area contributed by atoms with E-state index in [9.17, 15) is 4.79 Å². The highest BCUT2D eigenvalue weighted by molar-refractivity contribution is 5.85. The van der Waals surface area contributed by atoms with Gasteiger partial charge >= 0.3 is 0 Å². The fourth-order valence-corrected chi connectivity index (χ4v) is 2.95. The third-order valence-corrected chi connectivity index (χ3v) is 4.33. The molecule has 0 radical (unpaired) electrons. The number of hydrogen-bond donors (Lipinski definition) is 1. The lowest BCUT2D eigenvalue weighted by atomic mass is 9.97. The summed E-state index contributed by atoms with van der Waals surface area (Å²) in [6.07, 6.45) is 3.89. The van der Waals surface area contributed by atoms with Gasteiger partial charge in [0.2, 0.25) is 6.41 Å². The second kappa shape index (κ2) is 4.40. The third-order valence-electron chi connectivity index (χ3n) is 4.33. The zero-order chi connectivity index (χ0) is 14.3. The van der Waals surface area contributed by atoms with Crippen molar-refractivity contribution in [3.05, 3.63) is 41.1 Å². The first-order chi connectivity index (χ1) is 9.55. The van der Waals surface area contributed by atoms with E-state index >= 15 is 0 Å². The number of hydrogen-bond acceptors (Lipinski definition) is 3. The van der Waals surface area contributed by atoms with Crippen molar-refractivity contribution in [2.24, 2.45) is 0 Å². The minimum Gasteiger partial charge on any atom is -0.342 e. The molecular weight excluding hydrogens is 250 g/mol. The van der Waals surface area contributed by atoms with Crippen LogP contribution < -0.4 is 0 Å². The smallest absolute Gasteiger partial charge is 0.209 e. The largest absolute Gasteiger partial charge is 0.342 e. The summed E-state index contributed by atoms with van der Waals surface area (Å²) in [5.41, 5.74) is 3.98. The minimum atomic E-state index is -0.147. The van der Waals surface area contributed by atoms with Crippen LogP contribution in [0.4, 0.5) is 0 Å². The summed E-state index contributed by atoms with van der Waals surface area (Å²) >= 11 is 0. The van der Waals surface area contributed by atoms with E-state index < -0.39 is 0 Å². The molecular formula is C16H17N3O. The number of likely N-dealkylation sites (N-methyl/N-ethyl adjacent to an activating group) is 1. The summed E-state index contributed by atoms with van der Waals surface area (Å²) in [6, 6.07) is 8.12. The third kappa shape index (κ3) is 1.88. The summed E-state index contributed by atoms with van der Waals surface area (Å²) < 4.78 is 0. The van der Waals surface area contributed by atoms with E-state index in [0.717, 1.165) is 30.2 Å². The zero-order valence-corrected chi connectivity index (χ0v) is 11.7. The zero-order valence-electron chi connectivity index (χ0n) is 11.7. The number of rotatable bonds is 3. The van der Waals surface area contributed by atoms with E-state index in [2.05, 4.69) is 24.0 Å². The lowest BCUT2D eigenvalue weighted by molar-refractivity contribution is -0.121. The second-order valence-electron chi connectivity index (χ2n) is 5.76. The quantitative estimate of drug-likeness (QED) is 0.684. The number of nitrogens with zero attached hydrogens (tertiary/aromatic N) is 2. The Bertz CT molecular complexity index is 710. The molecule has 20 heavy (non-hydrogen) atoms. The van der Waals surface area contributed by atoms with Crippen LogP contribution in [0.5, 0.6) is 0 Å². The number of pyridine rings is 1. The van der Waals surface area contributed by atoms with Crippen molar-refractivity contribution in [2.75, 3.05) is 7.05 Å². The molecule has 4 heteroatoms. The number of carbonyl (C=O) groups excluding carboxylic acids is 1. The molecule has 3 rings (SSSR count). The second-order valence-corrected chi connectivity index (χ2v) is 5.76. The molecule has 0 fully saturated rings. The monoisotopic (exact) mass is 267 g/mol. The molecule has 1 aliphatic carbocycles. The van der Waals surface area contributed by atoms with Crippen molar-refractivity contribution in [1.29, 1.82) is 5.41 Å². The van der Waals surface area contributed by atoms with Crippen LogP contribution in [0.25, 0.3) is 10.9 Å². The van der Waals surface area contributed by atoms with E-state index in [1.165, 1.54) is 17.3 Å². The molecule has 1 unspecified atom stereocenters. The van der Waals surface area contributed by atoms with E-state index in [-0.39, 0.29) is 5.54 Å². The number of fused-ring (bicyclic) bond motifs is 2. The van der Waals surface area contributed by atoms with Gasteiger partial charge in [0.05, 0.1) is 11.2 Å². The first kappa shape index (κ1) is 12.8. The summed E-state index contributed by atoms with van der Waals surface area (Å²) in [5, 5.41) is 8.37. The van der Waals surface area contributed by atoms with Crippen LogP contribution in [-0.2, 0) is 17.6 Å². The van der Waals surface area contributed by atoms with Crippen LogP contribution in [0.1, 0.15) is 23.7 Å². The first-order valence-corrected chi connectivity index (χ1v) is 6.67. The summed E-state index contributed by atoms with van der Waals surface area (Å²) in [6.45, 7) is 2.11. The number of aromatic nitrogens is 1. The molecule has 1 N–H and O–H groups in total. The van der Waals surface area contributed by atoms with Crippen molar-refractivity contribution >= 4 is 23.5 Å². The van der Waals surface area contributed by atoms with Crippen molar-refractivity contribution in [2.45, 2.75) is 25.3 Å². The lowest BCUT2D eigenvalue weighted by Gasteiger charge is -2.32. The van der Waals surface area contributed by atoms with E-state index in [1.54, 1.807) is 4.90 Å². The van der Waals surface area contributed by atoms with Crippen LogP contribution in [0.3, 0.4) is 0 Å². The number of amides is 1. The van der Waals surface area contributed by atoms with Crippen LogP contribution >= 0.6 is 0 Å². The molecule has 0 saturated carbocycles. The molecule has 0 aliphatic heterocycles. The molecule has 102 valence electrons. The average molecular weight is 267 g/mol. The van der Waals surface area contributed by atoms with Gasteiger partial charge in [0.25, 0.3) is 0 Å². The molecule has 4 nitrogen and oxygen atoms in total. The predicted octanol–water partition coefficient (Wildman–Crippen LogP) is 2.18. The maximum Gasteiger partial charge on any atom is 0.209 e. The Balaban J connectivity index is 2.08. The Kier molecular flexibility index (Phi) is 2.82. The fourth-order valence-electron chi connectivity index (χ4n) is 2.95. The van der Waals surface area contributed by atoms with Gasteiger partial charge in [-0.3, -0.25) is 4.79 Å². The fraction of sp³-hybridized carbons (Fsp3) is 0.312. The van der Waals surface area contributed by atoms with Gasteiger partial charge in [-0.1, -0.05) is 6.07 Å². The highest BCUT2D eigenvalue weighted by Crippen LogP contribution is 2.35.